The monoisotopic (exact) mass is 408 g/mol. The first kappa shape index (κ1) is 19.7. The molecule has 1 aliphatic heterocycles. The van der Waals surface area contributed by atoms with Crippen molar-refractivity contribution in [2.75, 3.05) is 19.6 Å². The number of aromatic nitrogens is 2. The normalized spacial score (nSPS) is 15.4. The largest absolute Gasteiger partial charge is 0.350 e. The van der Waals surface area contributed by atoms with Crippen LogP contribution in [-0.2, 0) is 0 Å². The van der Waals surface area contributed by atoms with Crippen LogP contribution >= 0.6 is 11.6 Å². The lowest BCUT2D eigenvalue weighted by molar-refractivity contribution is 0.0937. The number of amides is 1. The summed E-state index contributed by atoms with van der Waals surface area (Å²) >= 11 is 6.55. The maximum absolute atomic E-state index is 13.0. The Labute approximate surface area is 176 Å². The molecule has 0 aliphatic carbocycles. The van der Waals surface area contributed by atoms with Gasteiger partial charge in [-0.25, -0.2) is 4.68 Å². The summed E-state index contributed by atoms with van der Waals surface area (Å²) in [5.41, 5.74) is 3.11. The zero-order valence-electron chi connectivity index (χ0n) is 16.5. The highest BCUT2D eigenvalue weighted by atomic mass is 35.5. The minimum absolute atomic E-state index is 0.158. The van der Waals surface area contributed by atoms with E-state index in [1.165, 1.54) is 18.4 Å². The highest BCUT2D eigenvalue weighted by Crippen LogP contribution is 2.26. The molecule has 1 aromatic heterocycles. The van der Waals surface area contributed by atoms with Gasteiger partial charge < -0.3 is 5.32 Å². The second kappa shape index (κ2) is 8.80. The van der Waals surface area contributed by atoms with Gasteiger partial charge in [-0.1, -0.05) is 60.1 Å². The number of para-hydroxylation sites is 1. The SMILES string of the molecule is Cc1nn(-c2ccccc2)c(Cl)c1C(=O)NC[C@@H](c1ccccc1)N1CCCC1. The standard InChI is InChI=1S/C23H25ClN4O/c1-17-21(22(24)28(26-17)19-12-6-3-7-13-19)23(29)25-16-20(27-14-8-9-15-27)18-10-4-2-5-11-18/h2-7,10-13,20H,8-9,14-16H2,1H3,(H,25,29)/t20-/m0/s1. The van der Waals surface area contributed by atoms with Gasteiger partial charge in [-0.2, -0.15) is 5.10 Å². The van der Waals surface area contributed by atoms with Crippen LogP contribution in [0.2, 0.25) is 5.15 Å². The number of likely N-dealkylation sites (tertiary alicyclic amines) is 1. The van der Waals surface area contributed by atoms with E-state index in [1.807, 2.05) is 55.5 Å². The first-order valence-corrected chi connectivity index (χ1v) is 10.4. The lowest BCUT2D eigenvalue weighted by atomic mass is 10.1. The molecule has 4 rings (SSSR count). The third-order valence-electron chi connectivity index (χ3n) is 5.45. The van der Waals surface area contributed by atoms with Gasteiger partial charge in [0.05, 0.1) is 23.0 Å². The molecular weight excluding hydrogens is 384 g/mol. The summed E-state index contributed by atoms with van der Waals surface area (Å²) in [5, 5.41) is 7.92. The summed E-state index contributed by atoms with van der Waals surface area (Å²) in [7, 11) is 0. The maximum Gasteiger partial charge on any atom is 0.256 e. The van der Waals surface area contributed by atoms with E-state index in [4.69, 9.17) is 11.6 Å². The van der Waals surface area contributed by atoms with Gasteiger partial charge in [0.2, 0.25) is 0 Å². The van der Waals surface area contributed by atoms with Crippen LogP contribution in [0.1, 0.15) is 40.5 Å². The Morgan fingerprint density at radius 2 is 1.69 bits per heavy atom. The molecule has 1 saturated heterocycles. The van der Waals surface area contributed by atoms with Crippen molar-refractivity contribution < 1.29 is 4.79 Å². The van der Waals surface area contributed by atoms with Gasteiger partial charge in [0.15, 0.2) is 0 Å². The van der Waals surface area contributed by atoms with Crippen LogP contribution in [0.25, 0.3) is 5.69 Å². The molecule has 3 aromatic rings. The van der Waals surface area contributed by atoms with Crippen LogP contribution in [-0.4, -0.2) is 40.2 Å². The Kier molecular flexibility index (Phi) is 5.97. The fraction of sp³-hybridized carbons (Fsp3) is 0.304. The van der Waals surface area contributed by atoms with Crippen molar-refractivity contribution >= 4 is 17.5 Å². The van der Waals surface area contributed by atoms with Crippen LogP contribution in [0.3, 0.4) is 0 Å². The Bertz CT molecular complexity index is 965. The van der Waals surface area contributed by atoms with Crippen LogP contribution in [0.15, 0.2) is 60.7 Å². The molecule has 0 unspecified atom stereocenters. The third kappa shape index (κ3) is 4.21. The number of halogens is 1. The Balaban J connectivity index is 1.53. The summed E-state index contributed by atoms with van der Waals surface area (Å²) in [6.45, 7) is 4.47. The van der Waals surface area contributed by atoms with Crippen molar-refractivity contribution in [3.63, 3.8) is 0 Å². The van der Waals surface area contributed by atoms with E-state index in [-0.39, 0.29) is 11.9 Å². The first-order chi connectivity index (χ1) is 14.1. The van der Waals surface area contributed by atoms with E-state index < -0.39 is 0 Å². The van der Waals surface area contributed by atoms with Gasteiger partial charge in [0.1, 0.15) is 5.15 Å². The van der Waals surface area contributed by atoms with E-state index in [0.717, 1.165) is 18.8 Å². The molecule has 1 N–H and O–H groups in total. The van der Waals surface area contributed by atoms with Crippen molar-refractivity contribution in [2.24, 2.45) is 0 Å². The fourth-order valence-electron chi connectivity index (χ4n) is 3.96. The van der Waals surface area contributed by atoms with E-state index in [0.29, 0.717) is 23.0 Å². The number of rotatable bonds is 6. The van der Waals surface area contributed by atoms with Crippen LogP contribution in [0.5, 0.6) is 0 Å². The smallest absolute Gasteiger partial charge is 0.256 e. The Morgan fingerprint density at radius 1 is 1.07 bits per heavy atom. The van der Waals surface area contributed by atoms with Gasteiger partial charge in [0.25, 0.3) is 5.91 Å². The molecule has 1 atom stereocenters. The molecule has 1 amide bonds. The maximum atomic E-state index is 13.0. The number of carbonyl (C=O) groups excluding carboxylic acids is 1. The molecule has 0 saturated carbocycles. The molecule has 1 fully saturated rings. The zero-order chi connectivity index (χ0) is 20.2. The highest BCUT2D eigenvalue weighted by molar-refractivity contribution is 6.33. The Hall–Kier alpha value is -2.63. The van der Waals surface area contributed by atoms with Crippen LogP contribution < -0.4 is 5.32 Å². The summed E-state index contributed by atoms with van der Waals surface area (Å²) < 4.78 is 1.61. The molecular formula is C23H25ClN4O. The van der Waals surface area contributed by atoms with Gasteiger partial charge in [0, 0.05) is 6.54 Å². The summed E-state index contributed by atoms with van der Waals surface area (Å²) in [4.78, 5) is 15.5. The molecule has 2 heterocycles. The summed E-state index contributed by atoms with van der Waals surface area (Å²) in [6.07, 6.45) is 2.40. The molecule has 150 valence electrons. The minimum Gasteiger partial charge on any atom is -0.350 e. The molecule has 1 aliphatic rings. The highest BCUT2D eigenvalue weighted by Gasteiger charge is 2.26. The third-order valence-corrected chi connectivity index (χ3v) is 5.80. The predicted octanol–water partition coefficient (Wildman–Crippen LogP) is 4.40. The lowest BCUT2D eigenvalue weighted by Crippen LogP contribution is -2.37. The molecule has 0 bridgehead atoms. The Morgan fingerprint density at radius 3 is 2.34 bits per heavy atom. The molecule has 5 nitrogen and oxygen atoms in total. The van der Waals surface area contributed by atoms with Crippen molar-refractivity contribution in [2.45, 2.75) is 25.8 Å². The second-order valence-electron chi connectivity index (χ2n) is 7.38. The van der Waals surface area contributed by atoms with Gasteiger partial charge in [-0.05, 0) is 50.6 Å². The number of aryl methyl sites for hydroxylation is 1. The molecule has 0 spiro atoms. The van der Waals surface area contributed by atoms with Gasteiger partial charge >= 0.3 is 0 Å². The zero-order valence-corrected chi connectivity index (χ0v) is 17.3. The van der Waals surface area contributed by atoms with E-state index in [2.05, 4.69) is 27.4 Å². The first-order valence-electron chi connectivity index (χ1n) is 10.0. The lowest BCUT2D eigenvalue weighted by Gasteiger charge is -2.28. The van der Waals surface area contributed by atoms with Crippen LogP contribution in [0.4, 0.5) is 0 Å². The number of nitrogens with zero attached hydrogens (tertiary/aromatic N) is 3. The molecule has 2 aromatic carbocycles. The second-order valence-corrected chi connectivity index (χ2v) is 7.74. The van der Waals surface area contributed by atoms with Crippen molar-refractivity contribution in [1.82, 2.24) is 20.0 Å². The van der Waals surface area contributed by atoms with Crippen LogP contribution in [0, 0.1) is 6.92 Å². The topological polar surface area (TPSA) is 50.2 Å². The van der Waals surface area contributed by atoms with E-state index >= 15 is 0 Å². The fourth-order valence-corrected chi connectivity index (χ4v) is 4.32. The van der Waals surface area contributed by atoms with E-state index in [1.54, 1.807) is 4.68 Å². The average molecular weight is 409 g/mol. The number of carbonyl (C=O) groups is 1. The molecule has 0 radical (unpaired) electrons. The number of hydrogen-bond donors (Lipinski definition) is 1. The minimum atomic E-state index is -0.185. The summed E-state index contributed by atoms with van der Waals surface area (Å²) in [5.74, 6) is -0.185. The number of hydrogen-bond acceptors (Lipinski definition) is 3. The molecule has 29 heavy (non-hydrogen) atoms. The van der Waals surface area contributed by atoms with Gasteiger partial charge in [-0.3, -0.25) is 9.69 Å². The number of nitrogens with one attached hydrogen (secondary N) is 1. The van der Waals surface area contributed by atoms with E-state index in [9.17, 15) is 4.79 Å². The number of benzene rings is 2. The van der Waals surface area contributed by atoms with Crippen molar-refractivity contribution in [3.05, 3.63) is 82.6 Å². The predicted molar refractivity (Wildman–Crippen MR) is 116 cm³/mol. The quantitative estimate of drug-likeness (QED) is 0.657. The summed E-state index contributed by atoms with van der Waals surface area (Å²) in [6, 6.07) is 20.1. The van der Waals surface area contributed by atoms with Gasteiger partial charge in [-0.15, -0.1) is 0 Å². The average Bonchev–Trinajstić information content (AvgIpc) is 3.38. The van der Waals surface area contributed by atoms with Crippen molar-refractivity contribution in [3.8, 4) is 5.69 Å². The molecule has 6 heteroatoms. The van der Waals surface area contributed by atoms with Crippen molar-refractivity contribution in [1.29, 1.82) is 0 Å².